The Hall–Kier alpha value is -4.56. The van der Waals surface area contributed by atoms with Crippen molar-refractivity contribution >= 4 is 5.97 Å². The Balaban J connectivity index is 1.85. The Kier molecular flexibility index (Phi) is 11.0. The van der Waals surface area contributed by atoms with E-state index in [1.165, 1.54) is 12.1 Å². The van der Waals surface area contributed by atoms with Gasteiger partial charge in [0.1, 0.15) is 5.82 Å². The van der Waals surface area contributed by atoms with E-state index in [1.54, 1.807) is 6.07 Å². The van der Waals surface area contributed by atoms with E-state index in [4.69, 9.17) is 4.74 Å². The molecule has 0 aliphatic heterocycles. The lowest BCUT2D eigenvalue weighted by molar-refractivity contribution is -0.164. The summed E-state index contributed by atoms with van der Waals surface area (Å²) in [6, 6.07) is 9.92. The molecule has 15 heteroatoms. The number of ether oxygens (including phenoxy) is 1. The third kappa shape index (κ3) is 8.59. The minimum atomic E-state index is -5.94. The third-order valence-electron chi connectivity index (χ3n) is 7.70. The first-order valence-corrected chi connectivity index (χ1v) is 14.8. The van der Waals surface area contributed by atoms with Gasteiger partial charge < -0.3 is 4.74 Å². The van der Waals surface area contributed by atoms with Gasteiger partial charge in [-0.2, -0.15) is 52.7 Å². The van der Waals surface area contributed by atoms with Gasteiger partial charge in [-0.15, -0.1) is 0 Å². The van der Waals surface area contributed by atoms with E-state index in [0.29, 0.717) is 24.1 Å². The second-order valence-electron chi connectivity index (χ2n) is 11.2. The Bertz CT molecular complexity index is 1740. The molecule has 4 aromatic rings. The average Bonchev–Trinajstić information content (AvgIpc) is 3.01. The molecule has 2 nitrogen and oxygen atoms in total. The molecular formula is C35H25F13O2. The molecule has 0 atom stereocenters. The van der Waals surface area contributed by atoms with E-state index in [2.05, 4.69) is 0 Å². The number of carbonyl (C=O) groups is 1. The van der Waals surface area contributed by atoms with Gasteiger partial charge in [-0.3, -0.25) is 0 Å². The van der Waals surface area contributed by atoms with Gasteiger partial charge in [0, 0.05) is 16.7 Å². The van der Waals surface area contributed by atoms with Gasteiger partial charge in [-0.05, 0) is 54.3 Å². The molecule has 0 unspecified atom stereocenters. The van der Waals surface area contributed by atoms with Crippen molar-refractivity contribution in [2.45, 2.75) is 63.4 Å². The summed E-state index contributed by atoms with van der Waals surface area (Å²) in [5.74, 6) is -2.34. The summed E-state index contributed by atoms with van der Waals surface area (Å²) in [5, 5.41) is 0. The lowest BCUT2D eigenvalue weighted by atomic mass is 9.88. The molecule has 0 spiro atoms. The van der Waals surface area contributed by atoms with Crippen molar-refractivity contribution in [1.82, 2.24) is 0 Å². The van der Waals surface area contributed by atoms with Crippen LogP contribution in [0.5, 0.6) is 0 Å². The highest BCUT2D eigenvalue weighted by Gasteiger charge is 2.50. The smallest absolute Gasteiger partial charge is 0.417 e. The minimum absolute atomic E-state index is 0.0302. The molecule has 0 amide bonds. The molecule has 4 aromatic carbocycles. The number of carbonyl (C=O) groups excluding carboxylic acids is 1. The number of halogens is 13. The van der Waals surface area contributed by atoms with Crippen LogP contribution in [0.25, 0.3) is 11.1 Å². The molecule has 0 fully saturated rings. The fraction of sp³-hybridized carbons (Fsp3) is 0.286. The number of hydrogen-bond acceptors (Lipinski definition) is 2. The van der Waals surface area contributed by atoms with Gasteiger partial charge in [0.15, 0.2) is 6.10 Å². The summed E-state index contributed by atoms with van der Waals surface area (Å²) in [6.45, 7) is 2.00. The normalized spacial score (nSPS) is 12.8. The molecule has 0 saturated heterocycles. The molecule has 50 heavy (non-hydrogen) atoms. The van der Waals surface area contributed by atoms with Crippen molar-refractivity contribution in [3.05, 3.63) is 129 Å². The van der Waals surface area contributed by atoms with Gasteiger partial charge in [0.05, 0.1) is 27.8 Å². The molecule has 0 N–H and O–H groups in total. The maximum absolute atomic E-state index is 14.9. The third-order valence-corrected chi connectivity index (χ3v) is 7.70. The predicted molar refractivity (Wildman–Crippen MR) is 155 cm³/mol. The number of esters is 1. The maximum Gasteiger partial charge on any atom is 0.417 e. The van der Waals surface area contributed by atoms with Crippen molar-refractivity contribution in [3.63, 3.8) is 0 Å². The van der Waals surface area contributed by atoms with Crippen LogP contribution in [-0.4, -0.2) is 5.97 Å². The van der Waals surface area contributed by atoms with Crippen LogP contribution in [-0.2, 0) is 35.9 Å². The monoisotopic (exact) mass is 724 g/mol. The average molecular weight is 725 g/mol. The Labute approximate surface area is 276 Å². The summed E-state index contributed by atoms with van der Waals surface area (Å²) in [7, 11) is 0. The van der Waals surface area contributed by atoms with Crippen LogP contribution in [0, 0.1) is 5.82 Å². The summed E-state index contributed by atoms with van der Waals surface area (Å²) in [6.07, 6.45) is -23.1. The van der Waals surface area contributed by atoms with E-state index in [-0.39, 0.29) is 35.4 Å². The first-order valence-electron chi connectivity index (χ1n) is 14.8. The molecule has 4 rings (SSSR count). The highest BCUT2D eigenvalue weighted by Crippen LogP contribution is 2.49. The van der Waals surface area contributed by atoms with Crippen LogP contribution in [0.1, 0.15) is 81.6 Å². The molecule has 0 saturated carbocycles. The molecule has 0 radical (unpaired) electrons. The van der Waals surface area contributed by atoms with Crippen molar-refractivity contribution in [2.24, 2.45) is 0 Å². The molecule has 0 aliphatic carbocycles. The fourth-order valence-electron chi connectivity index (χ4n) is 5.47. The van der Waals surface area contributed by atoms with Gasteiger partial charge in [-0.25, -0.2) is 9.18 Å². The number of rotatable bonds is 9. The second kappa shape index (κ2) is 14.4. The SMILES string of the molecule is CCCCCc1ccc(-c2ccc(C(=O)OC(c3cccc(C(F)(F)F)c3C(F)(F)F)c3cccc(C(F)(F)F)c3C(F)(F)F)cc2)c(F)c1. The zero-order valence-corrected chi connectivity index (χ0v) is 25.6. The van der Waals surface area contributed by atoms with E-state index in [0.717, 1.165) is 43.5 Å². The molecule has 0 aliphatic rings. The Morgan fingerprint density at radius 2 is 1.14 bits per heavy atom. The van der Waals surface area contributed by atoms with Gasteiger partial charge in [0.2, 0.25) is 0 Å². The number of aryl methyl sites for hydroxylation is 1. The van der Waals surface area contributed by atoms with Crippen LogP contribution in [0.4, 0.5) is 57.1 Å². The van der Waals surface area contributed by atoms with Crippen molar-refractivity contribution in [1.29, 1.82) is 0 Å². The lowest BCUT2D eigenvalue weighted by Crippen LogP contribution is -2.26. The first-order chi connectivity index (χ1) is 23.1. The zero-order chi connectivity index (χ0) is 37.2. The van der Waals surface area contributed by atoms with Crippen LogP contribution in [0.15, 0.2) is 78.9 Å². The lowest BCUT2D eigenvalue weighted by Gasteiger charge is -2.28. The molecule has 0 aromatic heterocycles. The number of alkyl halides is 12. The maximum atomic E-state index is 14.9. The van der Waals surface area contributed by atoms with E-state index < -0.39 is 81.5 Å². The first kappa shape index (κ1) is 38.2. The van der Waals surface area contributed by atoms with Gasteiger partial charge in [-0.1, -0.05) is 68.3 Å². The summed E-state index contributed by atoms with van der Waals surface area (Å²) in [4.78, 5) is 13.3. The second-order valence-corrected chi connectivity index (χ2v) is 11.2. The van der Waals surface area contributed by atoms with Gasteiger partial charge in [0.25, 0.3) is 0 Å². The van der Waals surface area contributed by atoms with E-state index in [1.807, 2.05) is 6.92 Å². The Morgan fingerprint density at radius 3 is 1.56 bits per heavy atom. The highest BCUT2D eigenvalue weighted by molar-refractivity contribution is 5.90. The Morgan fingerprint density at radius 1 is 0.640 bits per heavy atom. The number of benzene rings is 4. The van der Waals surface area contributed by atoms with Crippen LogP contribution >= 0.6 is 0 Å². The zero-order valence-electron chi connectivity index (χ0n) is 25.6. The molecule has 268 valence electrons. The molecule has 0 bridgehead atoms. The number of hydrogen-bond donors (Lipinski definition) is 0. The van der Waals surface area contributed by atoms with Crippen molar-refractivity contribution < 1.29 is 66.6 Å². The minimum Gasteiger partial charge on any atom is -0.449 e. The van der Waals surface area contributed by atoms with Gasteiger partial charge >= 0.3 is 30.7 Å². The summed E-state index contributed by atoms with van der Waals surface area (Å²) >= 11 is 0. The largest absolute Gasteiger partial charge is 0.449 e. The number of unbranched alkanes of at least 4 members (excludes halogenated alkanes) is 2. The van der Waals surface area contributed by atoms with Crippen molar-refractivity contribution in [2.75, 3.05) is 0 Å². The van der Waals surface area contributed by atoms with E-state index >= 15 is 0 Å². The standard InChI is InChI=1S/C35H25F13O2/c1-2-3-4-7-19-12-17-22(27(36)18-19)20-13-15-21(16-14-20)31(49)50-30(23-8-5-10-25(32(37,38)39)28(23)34(43,44)45)24-9-6-11-26(33(40,41)42)29(24)35(46,47)48/h5-6,8-18,30H,2-4,7H2,1H3. The topological polar surface area (TPSA) is 26.3 Å². The molecular weight excluding hydrogens is 699 g/mol. The summed E-state index contributed by atoms with van der Waals surface area (Å²) < 4.78 is 188. The molecule has 0 heterocycles. The fourth-order valence-corrected chi connectivity index (χ4v) is 5.47. The van der Waals surface area contributed by atoms with Crippen LogP contribution < -0.4 is 0 Å². The highest BCUT2D eigenvalue weighted by atomic mass is 19.4. The summed E-state index contributed by atoms with van der Waals surface area (Å²) in [5.41, 5.74) is -12.9. The quantitative estimate of drug-likeness (QED) is 0.0976. The van der Waals surface area contributed by atoms with Crippen LogP contribution in [0.2, 0.25) is 0 Å². The predicted octanol–water partition coefficient (Wildman–Crippen LogP) is 12.2. The van der Waals surface area contributed by atoms with Crippen molar-refractivity contribution in [3.8, 4) is 11.1 Å². The van der Waals surface area contributed by atoms with Crippen LogP contribution in [0.3, 0.4) is 0 Å². The van der Waals surface area contributed by atoms with E-state index in [9.17, 15) is 61.9 Å².